The average molecular weight is 1080 g/mol. The summed E-state index contributed by atoms with van der Waals surface area (Å²) in [5.41, 5.74) is 1.85. The molecule has 0 aliphatic rings. The quantitative estimate of drug-likeness (QED) is 0.0444. The van der Waals surface area contributed by atoms with Crippen LogP contribution in [0, 0.1) is 0 Å². The molecule has 0 saturated heterocycles. The zero-order valence-corrected chi connectivity index (χ0v) is 49.5. The number of aliphatic hydroxyl groups is 1. The minimum absolute atomic E-state index is 0.00151. The number of aliphatic carboxylic acids is 1. The number of carboxylic acid groups (broad SMARTS) is 1. The molecule has 0 spiro atoms. The van der Waals surface area contributed by atoms with Gasteiger partial charge in [0.15, 0.2) is 23.0 Å². The fraction of sp³-hybridized carbons (Fsp3) is 0.393. The summed E-state index contributed by atoms with van der Waals surface area (Å²) in [4.78, 5) is 11.7. The van der Waals surface area contributed by atoms with Crippen molar-refractivity contribution in [2.75, 3.05) is 55.9 Å². The average Bonchev–Trinajstić information content (AvgIpc) is 3.42. The minimum Gasteiger partial charge on any atom is -0.493 e. The van der Waals surface area contributed by atoms with Gasteiger partial charge < -0.3 is 47.5 Å². The molecule has 0 aromatic heterocycles. The van der Waals surface area contributed by atoms with Crippen LogP contribution in [0.5, 0.6) is 34.5 Å². The molecule has 14 heteroatoms. The van der Waals surface area contributed by atoms with Crippen LogP contribution in [0.15, 0.2) is 146 Å². The molecule has 6 rings (SSSR count). The molecule has 0 aliphatic heterocycles. The number of carbonyl (C=O) groups is 1. The van der Waals surface area contributed by atoms with Crippen molar-refractivity contribution in [1.82, 2.24) is 0 Å². The summed E-state index contributed by atoms with van der Waals surface area (Å²) < 4.78 is 54.6. The molecule has 0 fully saturated rings. The Labute approximate surface area is 453 Å². The van der Waals surface area contributed by atoms with E-state index >= 15 is 0 Å². The summed E-state index contributed by atoms with van der Waals surface area (Å²) in [6.45, 7) is 15.4. The highest BCUT2D eigenvalue weighted by molar-refractivity contribution is 7.15. The maximum absolute atomic E-state index is 11.7. The van der Waals surface area contributed by atoms with Crippen molar-refractivity contribution < 1.29 is 52.3 Å². The van der Waals surface area contributed by atoms with Crippen LogP contribution in [0.1, 0.15) is 78.4 Å². The number of methoxy groups -OCH3 is 6. The lowest BCUT2D eigenvalue weighted by Gasteiger charge is -2.45. The molecular weight excluding hydrogens is 996 g/mol. The molecule has 0 aliphatic carbocycles. The van der Waals surface area contributed by atoms with Gasteiger partial charge in [-0.3, -0.25) is 4.79 Å². The Bertz CT molecular complexity index is 2560. The van der Waals surface area contributed by atoms with E-state index < -0.39 is 22.6 Å². The second-order valence-corrected chi connectivity index (χ2v) is 28.5. The van der Waals surface area contributed by atoms with Crippen LogP contribution in [0.25, 0.3) is 0 Å². The largest absolute Gasteiger partial charge is 0.493 e. The minimum atomic E-state index is -2.90. The molecule has 75 heavy (non-hydrogen) atoms. The van der Waals surface area contributed by atoms with Gasteiger partial charge in [-0.25, -0.2) is 0 Å². The number of hydrogen-bond acceptors (Lipinski definition) is 10. The van der Waals surface area contributed by atoms with Crippen molar-refractivity contribution in [3.05, 3.63) is 157 Å². The zero-order chi connectivity index (χ0) is 55.9. The van der Waals surface area contributed by atoms with Crippen molar-refractivity contribution in [2.24, 2.45) is 0 Å². The molecule has 0 amide bonds. The first kappa shape index (κ1) is 60.2. The van der Waals surface area contributed by atoms with E-state index in [0.29, 0.717) is 69.4 Å². The Balaban J connectivity index is 0.000000312. The molecule has 0 bridgehead atoms. The Morgan fingerprint density at radius 3 is 1.07 bits per heavy atom. The maximum atomic E-state index is 11.7. The Hall–Kier alpha value is -5.67. The van der Waals surface area contributed by atoms with Crippen molar-refractivity contribution >= 4 is 52.5 Å². The highest BCUT2D eigenvalue weighted by atomic mass is 31.0. The predicted octanol–water partition coefficient (Wildman–Crippen LogP) is 10.5. The molecule has 6 aromatic carbocycles. The van der Waals surface area contributed by atoms with Gasteiger partial charge in [0.2, 0.25) is 11.5 Å². The Morgan fingerprint density at radius 1 is 0.507 bits per heavy atom. The highest BCUT2D eigenvalue weighted by Gasteiger charge is 2.53. The molecule has 11 nitrogen and oxygen atoms in total. The predicted molar refractivity (Wildman–Crippen MR) is 313 cm³/mol. The third-order valence-corrected chi connectivity index (χ3v) is 23.5. The van der Waals surface area contributed by atoms with Crippen molar-refractivity contribution in [1.29, 1.82) is 1.28 Å². The molecule has 2 N–H and O–H groups in total. The van der Waals surface area contributed by atoms with E-state index in [9.17, 15) is 15.0 Å². The van der Waals surface area contributed by atoms with Crippen LogP contribution < -0.4 is 49.2 Å². The van der Waals surface area contributed by atoms with Gasteiger partial charge in [0.25, 0.3) is 16.6 Å². The summed E-state index contributed by atoms with van der Waals surface area (Å²) in [7, 11) is 4.31. The lowest BCUT2D eigenvalue weighted by Crippen LogP contribution is -2.67. The van der Waals surface area contributed by atoms with Crippen LogP contribution in [-0.4, -0.2) is 102 Å². The topological polar surface area (TPSA) is 131 Å². The lowest BCUT2D eigenvalue weighted by atomic mass is 10.0. The summed E-state index contributed by atoms with van der Waals surface area (Å²) in [6, 6.07) is 49.7. The first-order valence-corrected chi connectivity index (χ1v) is 30.3. The summed E-state index contributed by atoms with van der Waals surface area (Å²) in [6.07, 6.45) is 2.28. The second kappa shape index (κ2) is 29.6. The van der Waals surface area contributed by atoms with Gasteiger partial charge >= 0.3 is 5.97 Å². The second-order valence-electron chi connectivity index (χ2n) is 20.0. The lowest BCUT2D eigenvalue weighted by molar-refractivity contribution is -0.137. The van der Waals surface area contributed by atoms with Crippen LogP contribution in [0.4, 0.5) is 0 Å². The number of benzene rings is 6. The van der Waals surface area contributed by atoms with Gasteiger partial charge in [-0.2, -0.15) is 0 Å². The normalized spacial score (nSPS) is 12.7. The van der Waals surface area contributed by atoms with E-state index in [2.05, 4.69) is 114 Å². The van der Waals surface area contributed by atoms with Gasteiger partial charge in [0.1, 0.15) is 0 Å². The molecule has 0 saturated carbocycles. The number of hydrogen-bond donors (Lipinski definition) is 2. The fourth-order valence-corrected chi connectivity index (χ4v) is 19.5. The number of rotatable bonds is 24. The fourth-order valence-electron chi connectivity index (χ4n) is 10.0. The summed E-state index contributed by atoms with van der Waals surface area (Å²) >= 11 is 0. The van der Waals surface area contributed by atoms with Gasteiger partial charge in [-0.15, -0.1) is 9.18 Å². The van der Waals surface area contributed by atoms with E-state index in [0.717, 1.165) is 27.9 Å². The van der Waals surface area contributed by atoms with E-state index in [1.807, 2.05) is 79.5 Å². The Kier molecular flexibility index (Phi) is 23.7. The first-order chi connectivity index (χ1) is 36.4. The molecule has 3 unspecified atom stereocenters. The SMILES string of the molecule is COc1ccc(CC(CCC(=O)O)O[Si](c2ccccc2)(c2ccccc2)C(C)(C)C)c(OC)c1OC.COc1ccc(CC(CCCO)O[Si](c2ccccc2)(c2ccccc2)C(C)(C)C)c(OC)c1OC.[2H]PC. The summed E-state index contributed by atoms with van der Waals surface area (Å²) in [5.74, 6) is 2.63. The molecule has 0 radical (unpaired) electrons. The highest BCUT2D eigenvalue weighted by Crippen LogP contribution is 2.44. The van der Waals surface area contributed by atoms with E-state index in [1.54, 1.807) is 42.7 Å². The molecule has 0 heterocycles. The zero-order valence-electron chi connectivity index (χ0n) is 47.5. The standard InChI is InChI=1S/C30H38O6Si.C30H40O5Si.CH5P/c1-30(2,3)37(24-13-9-7-10-14-24,25-15-11-8-12-16-25)36-23(18-20-27(31)32)21-22-17-19-26(33-4)29(35-6)28(22)34-5;1-30(2,3)36(25-15-9-7-10-16-25,26-17-11-8-12-18-26)35-24(14-13-21-31)22-23-19-20-27(32-4)29(34-6)28(23)33-5;1-2/h7-17,19,23H,18,20-21H2,1-6H3,(H,31,32);7-12,15-20,24,31H,13-14,21-22H2,1-6H3;2H2,1H3/i;;2D. The van der Waals surface area contributed by atoms with E-state index in [-0.39, 0.29) is 35.3 Å². The monoisotopic (exact) mass is 1080 g/mol. The van der Waals surface area contributed by atoms with Crippen molar-refractivity contribution in [3.8, 4) is 34.5 Å². The van der Waals surface area contributed by atoms with Crippen LogP contribution >= 0.6 is 9.18 Å². The summed E-state index contributed by atoms with van der Waals surface area (Å²) in [5, 5.41) is 23.7. The molecule has 406 valence electrons. The van der Waals surface area contributed by atoms with Crippen molar-refractivity contribution in [2.45, 2.75) is 102 Å². The number of carboxylic acids is 1. The molecular formula is C61H83O11PSi2. The van der Waals surface area contributed by atoms with Gasteiger partial charge in [0, 0.05) is 37.0 Å². The van der Waals surface area contributed by atoms with Gasteiger partial charge in [0.05, 0.1) is 56.1 Å². The third kappa shape index (κ3) is 15.1. The molecule has 6 aromatic rings. The van der Waals surface area contributed by atoms with Gasteiger partial charge in [-0.05, 0) is 62.2 Å². The third-order valence-electron chi connectivity index (χ3n) is 13.4. The Morgan fingerprint density at radius 2 is 0.813 bits per heavy atom. The first-order valence-electron chi connectivity index (χ1n) is 26.0. The smallest absolute Gasteiger partial charge is 0.303 e. The number of ether oxygens (including phenoxy) is 6. The van der Waals surface area contributed by atoms with E-state index in [4.69, 9.17) is 38.6 Å². The van der Waals surface area contributed by atoms with Gasteiger partial charge in [-0.1, -0.05) is 182 Å². The van der Waals surface area contributed by atoms with Crippen LogP contribution in [0.3, 0.4) is 0 Å². The molecule has 3 atom stereocenters. The van der Waals surface area contributed by atoms with Crippen LogP contribution in [-0.2, 0) is 26.5 Å². The van der Waals surface area contributed by atoms with Crippen molar-refractivity contribution in [3.63, 3.8) is 0 Å². The van der Waals surface area contributed by atoms with Crippen LogP contribution in [0.2, 0.25) is 10.1 Å². The van der Waals surface area contributed by atoms with E-state index in [1.165, 1.54) is 10.4 Å². The number of aliphatic hydroxyl groups excluding tert-OH is 1. The maximum Gasteiger partial charge on any atom is 0.303 e.